The number of aliphatic imine (C=N–C) groups is 1. The number of fused-ring (bicyclic) bond motifs is 2. The third kappa shape index (κ3) is 0.552. The molecule has 3 unspecified atom stereocenters. The molecule has 64 valence electrons. The van der Waals surface area contributed by atoms with Gasteiger partial charge in [-0.2, -0.15) is 4.99 Å². The summed E-state index contributed by atoms with van der Waals surface area (Å²) in [6.45, 7) is 0. The highest BCUT2D eigenvalue weighted by Crippen LogP contribution is 2.58. The maximum absolute atomic E-state index is 11.0. The molecule has 3 atom stereocenters. The number of rotatable bonds is 0. The van der Waals surface area contributed by atoms with Gasteiger partial charge in [0.05, 0.1) is 0 Å². The monoisotopic (exact) mass is 165 g/mol. The molecule has 2 aliphatic carbocycles. The van der Waals surface area contributed by atoms with Crippen molar-refractivity contribution in [2.24, 2.45) is 22.6 Å². The van der Waals surface area contributed by atoms with Crippen LogP contribution >= 0.6 is 0 Å². The van der Waals surface area contributed by atoms with E-state index in [1.54, 1.807) is 0 Å². The van der Waals surface area contributed by atoms with E-state index in [-0.39, 0.29) is 11.6 Å². The minimum atomic E-state index is -0.250. The summed E-state index contributed by atoms with van der Waals surface area (Å²) in [5, 5.41) is 2.90. The van der Waals surface area contributed by atoms with Gasteiger partial charge in [-0.15, -0.1) is 0 Å². The van der Waals surface area contributed by atoms with Gasteiger partial charge in [0.1, 0.15) is 11.4 Å². The van der Waals surface area contributed by atoms with Crippen molar-refractivity contribution in [2.75, 3.05) is 0 Å². The number of hydrogen-bond acceptors (Lipinski definition) is 2. The van der Waals surface area contributed by atoms with Crippen LogP contribution in [0.3, 0.4) is 0 Å². The first-order chi connectivity index (χ1) is 5.72. The highest BCUT2D eigenvalue weighted by Gasteiger charge is 2.62. The van der Waals surface area contributed by atoms with Crippen LogP contribution in [-0.4, -0.2) is 17.4 Å². The smallest absolute Gasteiger partial charge is 0.343 e. The number of amides is 2. The van der Waals surface area contributed by atoms with E-state index in [0.717, 1.165) is 12.3 Å². The molecular formula is C8H11N3O. The topological polar surface area (TPSA) is 67.5 Å². The Morgan fingerprint density at radius 3 is 2.92 bits per heavy atom. The number of carbonyl (C=O) groups is 1. The van der Waals surface area contributed by atoms with Gasteiger partial charge >= 0.3 is 6.03 Å². The quantitative estimate of drug-likeness (QED) is 0.539. The van der Waals surface area contributed by atoms with Gasteiger partial charge < -0.3 is 11.1 Å². The predicted molar refractivity (Wildman–Crippen MR) is 43.7 cm³/mol. The number of urea groups is 1. The van der Waals surface area contributed by atoms with Crippen LogP contribution < -0.4 is 11.1 Å². The zero-order valence-electron chi connectivity index (χ0n) is 6.71. The average Bonchev–Trinajstić information content (AvgIpc) is 2.64. The zero-order chi connectivity index (χ0) is 8.34. The maximum Gasteiger partial charge on any atom is 0.343 e. The molecule has 4 nitrogen and oxygen atoms in total. The molecule has 3 aliphatic rings. The summed E-state index contributed by atoms with van der Waals surface area (Å²) in [5.74, 6) is 1.92. The number of amidine groups is 1. The van der Waals surface area contributed by atoms with Gasteiger partial charge in [0.15, 0.2) is 0 Å². The van der Waals surface area contributed by atoms with Gasteiger partial charge in [0.2, 0.25) is 0 Å². The van der Waals surface area contributed by atoms with Crippen molar-refractivity contribution in [1.82, 2.24) is 5.32 Å². The number of nitrogens with two attached hydrogens (primary N) is 1. The van der Waals surface area contributed by atoms with Gasteiger partial charge in [-0.1, -0.05) is 0 Å². The Kier molecular flexibility index (Phi) is 0.888. The average molecular weight is 165 g/mol. The Morgan fingerprint density at radius 1 is 1.67 bits per heavy atom. The first-order valence-corrected chi connectivity index (χ1v) is 4.39. The standard InChI is InChI=1S/C8H11N3O/c9-6-8(11-7(12)10-6)2-1-4-3-5(4)8/h4-5H,1-3H2,(H3,9,10,11,12). The van der Waals surface area contributed by atoms with E-state index in [2.05, 4.69) is 10.3 Å². The molecule has 3 rings (SSSR count). The molecule has 0 aromatic carbocycles. The van der Waals surface area contributed by atoms with Crippen molar-refractivity contribution < 1.29 is 4.79 Å². The Labute approximate surface area is 70.2 Å². The molecule has 0 saturated heterocycles. The fourth-order valence-corrected chi connectivity index (χ4v) is 2.73. The summed E-state index contributed by atoms with van der Waals surface area (Å²) < 4.78 is 0. The molecule has 1 heterocycles. The van der Waals surface area contributed by atoms with E-state index >= 15 is 0 Å². The van der Waals surface area contributed by atoms with Gasteiger partial charge in [-0.05, 0) is 31.1 Å². The van der Waals surface area contributed by atoms with E-state index in [9.17, 15) is 4.79 Å². The van der Waals surface area contributed by atoms with Crippen LogP contribution in [0, 0.1) is 11.8 Å². The molecule has 4 heteroatoms. The maximum atomic E-state index is 11.0. The lowest BCUT2D eigenvalue weighted by Crippen LogP contribution is -2.52. The number of carbonyl (C=O) groups excluding carboxylic acids is 1. The normalized spacial score (nSPS) is 49.0. The van der Waals surface area contributed by atoms with Crippen LogP contribution in [0.2, 0.25) is 0 Å². The second-order valence-corrected chi connectivity index (χ2v) is 4.04. The number of nitrogens with one attached hydrogen (secondary N) is 1. The molecule has 2 fully saturated rings. The lowest BCUT2D eigenvalue weighted by molar-refractivity contribution is 0.244. The second-order valence-electron chi connectivity index (χ2n) is 4.04. The van der Waals surface area contributed by atoms with Crippen molar-refractivity contribution in [1.29, 1.82) is 0 Å². The first-order valence-electron chi connectivity index (χ1n) is 4.39. The van der Waals surface area contributed by atoms with Gasteiger partial charge in [0.25, 0.3) is 0 Å². The molecule has 2 amide bonds. The summed E-state index contributed by atoms with van der Waals surface area (Å²) in [6, 6.07) is -0.250. The van der Waals surface area contributed by atoms with Crippen molar-refractivity contribution in [3.8, 4) is 0 Å². The van der Waals surface area contributed by atoms with Crippen molar-refractivity contribution in [3.05, 3.63) is 0 Å². The molecule has 0 aromatic rings. The zero-order valence-corrected chi connectivity index (χ0v) is 6.71. The summed E-state index contributed by atoms with van der Waals surface area (Å²) in [6.07, 6.45) is 3.40. The summed E-state index contributed by atoms with van der Waals surface area (Å²) in [4.78, 5) is 14.7. The molecular weight excluding hydrogens is 154 g/mol. The highest BCUT2D eigenvalue weighted by molar-refractivity contribution is 6.06. The summed E-state index contributed by atoms with van der Waals surface area (Å²) >= 11 is 0. The molecule has 0 radical (unpaired) electrons. The van der Waals surface area contributed by atoms with Crippen molar-refractivity contribution in [2.45, 2.75) is 24.8 Å². The molecule has 2 saturated carbocycles. The lowest BCUT2D eigenvalue weighted by atomic mass is 9.93. The van der Waals surface area contributed by atoms with Crippen LogP contribution in [-0.2, 0) is 0 Å². The second kappa shape index (κ2) is 1.65. The van der Waals surface area contributed by atoms with Crippen LogP contribution in [0.15, 0.2) is 4.99 Å². The first kappa shape index (κ1) is 6.46. The third-order valence-corrected chi connectivity index (χ3v) is 3.47. The van der Waals surface area contributed by atoms with Crippen LogP contribution in [0.25, 0.3) is 0 Å². The van der Waals surface area contributed by atoms with Gasteiger partial charge in [-0.25, -0.2) is 4.79 Å². The Bertz CT molecular complexity index is 299. The summed E-state index contributed by atoms with van der Waals surface area (Å²) in [5.41, 5.74) is 5.53. The number of nitrogens with zero attached hydrogens (tertiary/aromatic N) is 1. The van der Waals surface area contributed by atoms with Crippen LogP contribution in [0.1, 0.15) is 19.3 Å². The molecule has 0 bridgehead atoms. The third-order valence-electron chi connectivity index (χ3n) is 3.47. The van der Waals surface area contributed by atoms with Crippen molar-refractivity contribution >= 4 is 11.9 Å². The van der Waals surface area contributed by atoms with Crippen LogP contribution in [0.5, 0.6) is 0 Å². The molecule has 1 aliphatic heterocycles. The predicted octanol–water partition coefficient (Wildman–Crippen LogP) is 0.235. The molecule has 3 N–H and O–H groups in total. The Balaban J connectivity index is 2.01. The van der Waals surface area contributed by atoms with Crippen LogP contribution in [0.4, 0.5) is 4.79 Å². The van der Waals surface area contributed by atoms with E-state index in [4.69, 9.17) is 5.73 Å². The fraction of sp³-hybridized carbons (Fsp3) is 0.750. The minimum absolute atomic E-state index is 0.220. The van der Waals surface area contributed by atoms with Gasteiger partial charge in [0, 0.05) is 0 Å². The van der Waals surface area contributed by atoms with E-state index in [1.807, 2.05) is 0 Å². The molecule has 1 spiro atoms. The lowest BCUT2D eigenvalue weighted by Gasteiger charge is -2.24. The Morgan fingerprint density at radius 2 is 2.50 bits per heavy atom. The largest absolute Gasteiger partial charge is 0.385 e. The van der Waals surface area contributed by atoms with Gasteiger partial charge in [-0.3, -0.25) is 0 Å². The molecule has 0 aromatic heterocycles. The van der Waals surface area contributed by atoms with Crippen molar-refractivity contribution in [3.63, 3.8) is 0 Å². The highest BCUT2D eigenvalue weighted by atomic mass is 16.2. The number of hydrogen-bond donors (Lipinski definition) is 2. The molecule has 12 heavy (non-hydrogen) atoms. The minimum Gasteiger partial charge on any atom is -0.385 e. The van der Waals surface area contributed by atoms with E-state index in [1.165, 1.54) is 12.8 Å². The Hall–Kier alpha value is -1.06. The summed E-state index contributed by atoms with van der Waals surface area (Å²) in [7, 11) is 0. The SMILES string of the molecule is NC1=NC(=O)NC12CCC1CC12. The fourth-order valence-electron chi connectivity index (χ4n) is 2.73. The van der Waals surface area contributed by atoms with E-state index < -0.39 is 0 Å². The van der Waals surface area contributed by atoms with E-state index in [0.29, 0.717) is 11.8 Å².